The number of aryl methyl sites for hydroxylation is 3. The van der Waals surface area contributed by atoms with Crippen molar-refractivity contribution < 1.29 is 9.59 Å². The number of amides is 2. The van der Waals surface area contributed by atoms with Gasteiger partial charge in [-0.05, 0) is 62.4 Å². The van der Waals surface area contributed by atoms with E-state index in [-0.39, 0.29) is 36.3 Å². The number of nitrogens with one attached hydrogen (secondary N) is 2. The fourth-order valence-electron chi connectivity index (χ4n) is 4.16. The molecular formula is C26H26N6O3S. The molecule has 10 heteroatoms. The van der Waals surface area contributed by atoms with Crippen molar-refractivity contribution in [3.8, 4) is 16.5 Å². The van der Waals surface area contributed by atoms with Gasteiger partial charge in [-0.2, -0.15) is 9.78 Å². The molecule has 0 radical (unpaired) electrons. The van der Waals surface area contributed by atoms with E-state index in [1.165, 1.54) is 16.0 Å². The van der Waals surface area contributed by atoms with E-state index in [2.05, 4.69) is 20.4 Å². The lowest BCUT2D eigenvalue weighted by atomic mass is 10.1. The van der Waals surface area contributed by atoms with Gasteiger partial charge in [0.05, 0.1) is 10.8 Å². The molecule has 5 rings (SSSR count). The van der Waals surface area contributed by atoms with Crippen molar-refractivity contribution in [2.75, 3.05) is 16.8 Å². The Morgan fingerprint density at radius 3 is 2.61 bits per heavy atom. The summed E-state index contributed by atoms with van der Waals surface area (Å²) in [7, 11) is 0. The molecule has 1 aliphatic rings. The zero-order valence-corrected chi connectivity index (χ0v) is 21.3. The third kappa shape index (κ3) is 4.35. The second-order valence-corrected chi connectivity index (χ2v) is 10.0. The summed E-state index contributed by atoms with van der Waals surface area (Å²) in [6, 6.07) is 11.4. The number of hydrogen-bond acceptors (Lipinski definition) is 6. The summed E-state index contributed by atoms with van der Waals surface area (Å²) in [4.78, 5) is 48.3. The topological polar surface area (TPSA) is 113 Å². The molecule has 4 heterocycles. The van der Waals surface area contributed by atoms with E-state index < -0.39 is 5.92 Å². The Morgan fingerprint density at radius 1 is 1.11 bits per heavy atom. The number of rotatable bonds is 5. The summed E-state index contributed by atoms with van der Waals surface area (Å²) in [5, 5.41) is 9.48. The predicted octanol–water partition coefficient (Wildman–Crippen LogP) is 3.91. The fraction of sp³-hybridized carbons (Fsp3) is 0.269. The Kier molecular flexibility index (Phi) is 6.05. The fourth-order valence-corrected chi connectivity index (χ4v) is 4.84. The minimum absolute atomic E-state index is 0.0914. The van der Waals surface area contributed by atoms with Crippen LogP contribution in [0.15, 0.2) is 46.6 Å². The molecule has 1 atom stereocenters. The molecule has 1 saturated heterocycles. The third-order valence-electron chi connectivity index (χ3n) is 6.62. The number of thiophene rings is 1. The van der Waals surface area contributed by atoms with Crippen molar-refractivity contribution in [3.63, 3.8) is 0 Å². The number of carbonyl (C=O) groups excluding carboxylic acids is 2. The first-order chi connectivity index (χ1) is 17.2. The lowest BCUT2D eigenvalue weighted by Crippen LogP contribution is -2.29. The number of carbonyl (C=O) groups is 2. The van der Waals surface area contributed by atoms with Crippen LogP contribution in [0.3, 0.4) is 0 Å². The van der Waals surface area contributed by atoms with Gasteiger partial charge < -0.3 is 10.2 Å². The van der Waals surface area contributed by atoms with Gasteiger partial charge in [0.25, 0.3) is 5.56 Å². The van der Waals surface area contributed by atoms with Crippen LogP contribution in [0.5, 0.6) is 0 Å². The Labute approximate surface area is 211 Å². The number of anilines is 2. The van der Waals surface area contributed by atoms with Gasteiger partial charge in [0.2, 0.25) is 17.8 Å². The lowest BCUT2D eigenvalue weighted by molar-refractivity contribution is -0.122. The van der Waals surface area contributed by atoms with Gasteiger partial charge in [-0.3, -0.25) is 19.4 Å². The molecule has 4 aromatic rings. The van der Waals surface area contributed by atoms with Crippen LogP contribution in [0.1, 0.15) is 28.8 Å². The Bertz CT molecular complexity index is 1540. The maximum atomic E-state index is 13.3. The normalized spacial score (nSPS) is 15.5. The number of H-pyrrole nitrogens is 1. The molecule has 1 fully saturated rings. The molecule has 0 bridgehead atoms. The van der Waals surface area contributed by atoms with E-state index in [9.17, 15) is 14.4 Å². The first-order valence-corrected chi connectivity index (χ1v) is 12.5. The molecule has 1 aliphatic heterocycles. The number of aromatic amines is 1. The van der Waals surface area contributed by atoms with Gasteiger partial charge >= 0.3 is 0 Å². The molecule has 184 valence electrons. The van der Waals surface area contributed by atoms with Crippen LogP contribution in [-0.2, 0) is 9.59 Å². The second-order valence-electron chi connectivity index (χ2n) is 9.07. The maximum Gasteiger partial charge on any atom is 0.255 e. The Morgan fingerprint density at radius 2 is 1.92 bits per heavy atom. The minimum atomic E-state index is -0.528. The summed E-state index contributed by atoms with van der Waals surface area (Å²) in [5.74, 6) is -0.335. The van der Waals surface area contributed by atoms with E-state index in [4.69, 9.17) is 0 Å². The summed E-state index contributed by atoms with van der Waals surface area (Å²) in [6.07, 6.45) is 0.114. The molecule has 1 aromatic carbocycles. The lowest BCUT2D eigenvalue weighted by Gasteiger charge is -2.18. The van der Waals surface area contributed by atoms with E-state index in [0.717, 1.165) is 21.7 Å². The highest BCUT2D eigenvalue weighted by atomic mass is 32.1. The largest absolute Gasteiger partial charge is 0.312 e. The molecule has 0 spiro atoms. The van der Waals surface area contributed by atoms with Crippen LogP contribution in [0.25, 0.3) is 16.5 Å². The zero-order chi connectivity index (χ0) is 25.6. The van der Waals surface area contributed by atoms with Crippen molar-refractivity contribution >= 4 is 34.7 Å². The van der Waals surface area contributed by atoms with Crippen LogP contribution < -0.4 is 15.8 Å². The number of hydrogen-bond donors (Lipinski definition) is 2. The van der Waals surface area contributed by atoms with Crippen LogP contribution >= 0.6 is 11.3 Å². The van der Waals surface area contributed by atoms with Gasteiger partial charge in [0, 0.05) is 36.0 Å². The summed E-state index contributed by atoms with van der Waals surface area (Å²) in [5.41, 5.74) is 4.49. The van der Waals surface area contributed by atoms with E-state index in [0.29, 0.717) is 22.8 Å². The van der Waals surface area contributed by atoms with Crippen molar-refractivity contribution in [1.82, 2.24) is 19.7 Å². The van der Waals surface area contributed by atoms with Gasteiger partial charge in [0.1, 0.15) is 11.5 Å². The first kappa shape index (κ1) is 23.7. The van der Waals surface area contributed by atoms with Crippen LogP contribution in [0, 0.1) is 33.6 Å². The molecule has 0 aliphatic carbocycles. The highest BCUT2D eigenvalue weighted by Crippen LogP contribution is 2.30. The smallest absolute Gasteiger partial charge is 0.255 e. The van der Waals surface area contributed by atoms with Gasteiger partial charge in [0.15, 0.2) is 0 Å². The number of benzene rings is 1. The van der Waals surface area contributed by atoms with Gasteiger partial charge in [-0.1, -0.05) is 12.1 Å². The monoisotopic (exact) mass is 502 g/mol. The molecule has 36 heavy (non-hydrogen) atoms. The SMILES string of the molecule is Cc1ccc(N2CC(C(=O)Nc3cc(-c4cccs4)nn3-c3nc(C)c(C)c(=O)[nH]3)CC2=O)cc1C. The summed E-state index contributed by atoms with van der Waals surface area (Å²) < 4.78 is 1.43. The van der Waals surface area contributed by atoms with E-state index in [1.807, 2.05) is 49.6 Å². The standard InChI is InChI=1S/C26H26N6O3S/c1-14-7-8-19(10-15(14)2)31-13-18(11-23(31)33)25(35)28-22-12-20(21-6-5-9-36-21)30-32(22)26-27-17(4)16(3)24(34)29-26/h5-10,12,18H,11,13H2,1-4H3,(H,28,35)(H,27,29,34). The van der Waals surface area contributed by atoms with Gasteiger partial charge in [-0.25, -0.2) is 4.98 Å². The highest BCUT2D eigenvalue weighted by Gasteiger charge is 2.36. The van der Waals surface area contributed by atoms with Crippen molar-refractivity contribution in [2.24, 2.45) is 5.92 Å². The molecule has 1 unspecified atom stereocenters. The Balaban J connectivity index is 1.44. The first-order valence-electron chi connectivity index (χ1n) is 11.6. The van der Waals surface area contributed by atoms with Crippen molar-refractivity contribution in [1.29, 1.82) is 0 Å². The minimum Gasteiger partial charge on any atom is -0.312 e. The highest BCUT2D eigenvalue weighted by molar-refractivity contribution is 7.13. The van der Waals surface area contributed by atoms with Crippen LogP contribution in [0.4, 0.5) is 11.5 Å². The zero-order valence-electron chi connectivity index (χ0n) is 20.5. The molecule has 0 saturated carbocycles. The van der Waals surface area contributed by atoms with Crippen molar-refractivity contribution in [2.45, 2.75) is 34.1 Å². The third-order valence-corrected chi connectivity index (χ3v) is 7.51. The average molecular weight is 503 g/mol. The van der Waals surface area contributed by atoms with Crippen LogP contribution in [-0.4, -0.2) is 38.1 Å². The summed E-state index contributed by atoms with van der Waals surface area (Å²) in [6.45, 7) is 7.76. The second kappa shape index (κ2) is 9.19. The molecule has 2 amide bonds. The molecule has 3 aromatic heterocycles. The van der Waals surface area contributed by atoms with E-state index in [1.54, 1.807) is 24.8 Å². The molecular weight excluding hydrogens is 476 g/mol. The van der Waals surface area contributed by atoms with Gasteiger partial charge in [-0.15, -0.1) is 11.3 Å². The van der Waals surface area contributed by atoms with E-state index >= 15 is 0 Å². The molecule has 2 N–H and O–H groups in total. The quantitative estimate of drug-likeness (QED) is 0.430. The van der Waals surface area contributed by atoms with Crippen LogP contribution in [0.2, 0.25) is 0 Å². The maximum absolute atomic E-state index is 13.3. The van der Waals surface area contributed by atoms with Crippen molar-refractivity contribution in [3.05, 3.63) is 74.5 Å². The average Bonchev–Trinajstić information content (AvgIpc) is 3.59. The Hall–Kier alpha value is -4.05. The predicted molar refractivity (Wildman–Crippen MR) is 140 cm³/mol. The number of nitrogens with zero attached hydrogens (tertiary/aromatic N) is 4. The molecule has 9 nitrogen and oxygen atoms in total. The summed E-state index contributed by atoms with van der Waals surface area (Å²) >= 11 is 1.51. The number of aromatic nitrogens is 4.